The zero-order valence-electron chi connectivity index (χ0n) is 25.1. The fraction of sp³-hybridized carbons (Fsp3) is 0.727. The van der Waals surface area contributed by atoms with Crippen LogP contribution in [0.1, 0.15) is 84.1 Å². The number of hydrogen-bond acceptors (Lipinski definition) is 5. The van der Waals surface area contributed by atoms with E-state index in [4.69, 9.17) is 25.5 Å². The predicted octanol–water partition coefficient (Wildman–Crippen LogP) is 7.58. The number of fused-ring (bicyclic) bond motifs is 5. The van der Waals surface area contributed by atoms with Gasteiger partial charge in [-0.2, -0.15) is 0 Å². The number of hydrogen-bond donors (Lipinski definition) is 1. The number of allylic oxidation sites excluding steroid dienone is 2. The highest BCUT2D eigenvalue weighted by molar-refractivity contribution is 6.74. The van der Waals surface area contributed by atoms with E-state index in [1.165, 1.54) is 5.56 Å². The van der Waals surface area contributed by atoms with Gasteiger partial charge >= 0.3 is 0 Å². The molecule has 6 rings (SSSR count). The van der Waals surface area contributed by atoms with Crippen molar-refractivity contribution in [2.75, 3.05) is 13.2 Å². The molecule has 0 unspecified atom stereocenters. The Morgan fingerprint density at radius 1 is 1.05 bits per heavy atom. The summed E-state index contributed by atoms with van der Waals surface area (Å²) in [6.45, 7) is 14.7. The first kappa shape index (κ1) is 28.9. The molecule has 1 aliphatic heterocycles. The van der Waals surface area contributed by atoms with Crippen LogP contribution in [0.3, 0.4) is 0 Å². The zero-order valence-corrected chi connectivity index (χ0v) is 26.9. The highest BCUT2D eigenvalue weighted by atomic mass is 35.5. The van der Waals surface area contributed by atoms with E-state index >= 15 is 0 Å². The molecule has 1 saturated heterocycles. The van der Waals surface area contributed by atoms with Gasteiger partial charge in [0, 0.05) is 18.3 Å². The van der Waals surface area contributed by atoms with Crippen molar-refractivity contribution in [2.24, 2.45) is 29.1 Å². The van der Waals surface area contributed by atoms with Crippen LogP contribution < -0.4 is 4.43 Å². The smallest absolute Gasteiger partial charge is 0.250 e. The first-order chi connectivity index (χ1) is 18.7. The van der Waals surface area contributed by atoms with Gasteiger partial charge in [0.15, 0.2) is 11.6 Å². The Labute approximate surface area is 246 Å². The number of halogens is 1. The minimum absolute atomic E-state index is 0.0999. The number of carbonyl (C=O) groups is 1. The van der Waals surface area contributed by atoms with Gasteiger partial charge in [-0.1, -0.05) is 57.5 Å². The van der Waals surface area contributed by atoms with Crippen LogP contribution >= 0.6 is 11.6 Å². The molecule has 7 heteroatoms. The molecule has 5 aliphatic rings. The molecular weight excluding hydrogens is 540 g/mol. The molecule has 7 atom stereocenters. The number of benzene rings is 1. The average molecular weight is 587 g/mol. The number of ether oxygens (including phenoxy) is 2. The maximum atomic E-state index is 13.7. The maximum Gasteiger partial charge on any atom is 0.250 e. The summed E-state index contributed by atoms with van der Waals surface area (Å²) in [6.07, 6.45) is 7.46. The van der Waals surface area contributed by atoms with E-state index in [0.29, 0.717) is 36.5 Å². The summed E-state index contributed by atoms with van der Waals surface area (Å²) in [6, 6.07) is 8.69. The zero-order chi connectivity index (χ0) is 28.7. The molecule has 3 saturated carbocycles. The third-order valence-corrected chi connectivity index (χ3v) is 16.7. The number of rotatable bonds is 3. The van der Waals surface area contributed by atoms with Gasteiger partial charge in [0.25, 0.3) is 0 Å². The number of carbonyl (C=O) groups excluding carboxylic acids is 1. The third kappa shape index (κ3) is 4.56. The Balaban J connectivity index is 1.36. The van der Waals surface area contributed by atoms with Crippen LogP contribution in [-0.2, 0) is 14.3 Å². The molecule has 4 fully saturated rings. The molecule has 1 spiro atoms. The summed E-state index contributed by atoms with van der Waals surface area (Å²) in [5, 5.41) is 12.8. The number of ketones is 1. The molecule has 4 aliphatic carbocycles. The van der Waals surface area contributed by atoms with Gasteiger partial charge in [0.05, 0.1) is 23.8 Å². The summed E-state index contributed by atoms with van der Waals surface area (Å²) >= 11 is 6.50. The second-order valence-electron chi connectivity index (χ2n) is 15.2. The van der Waals surface area contributed by atoms with Crippen LogP contribution in [0.4, 0.5) is 0 Å². The second-order valence-corrected chi connectivity index (χ2v) is 20.3. The first-order valence-electron chi connectivity index (χ1n) is 15.4. The third-order valence-electron chi connectivity index (χ3n) is 12.0. The minimum Gasteiger partial charge on any atom is -0.544 e. The molecule has 1 aromatic carbocycles. The number of Topliss-reactive ketones (excluding diaryl/α,β-unsaturated/α-hetero) is 1. The molecule has 0 radical (unpaired) electrons. The molecule has 1 aromatic rings. The molecule has 0 bridgehead atoms. The summed E-state index contributed by atoms with van der Waals surface area (Å²) in [4.78, 5) is 13.7. The normalized spacial score (nSPS) is 39.2. The van der Waals surface area contributed by atoms with Crippen LogP contribution in [0.5, 0.6) is 5.75 Å². The topological polar surface area (TPSA) is 65.0 Å². The summed E-state index contributed by atoms with van der Waals surface area (Å²) < 4.78 is 18.8. The fourth-order valence-electron chi connectivity index (χ4n) is 8.93. The van der Waals surface area contributed by atoms with Crippen LogP contribution in [-0.4, -0.2) is 43.8 Å². The maximum absolute atomic E-state index is 13.7. The Hall–Kier alpha value is -1.18. The van der Waals surface area contributed by atoms with Gasteiger partial charge in [0.1, 0.15) is 5.75 Å². The number of aliphatic hydroxyl groups is 1. The van der Waals surface area contributed by atoms with Gasteiger partial charge in [-0.05, 0) is 97.5 Å². The molecule has 0 aromatic heterocycles. The fourth-order valence-corrected chi connectivity index (χ4v) is 10.3. The molecule has 220 valence electrons. The lowest BCUT2D eigenvalue weighted by molar-refractivity contribution is -0.257. The van der Waals surface area contributed by atoms with Gasteiger partial charge in [-0.3, -0.25) is 4.79 Å². The highest BCUT2D eigenvalue weighted by Gasteiger charge is 2.64. The molecular formula is C33H47ClO5Si. The van der Waals surface area contributed by atoms with Crippen LogP contribution in [0.2, 0.25) is 18.1 Å². The SMILES string of the molecule is CC(C)(C)[Si](C)(C)Oc1ccc([C@H]2C[C@]3(C)C(=O)C(Cl)=CC[C@H]3[C@@H]3CC[C@@]4(O)CC5(CC[C@@H]4[C@H]32)OCCO5)cc1. The second kappa shape index (κ2) is 9.67. The van der Waals surface area contributed by atoms with E-state index in [2.05, 4.69) is 65.1 Å². The quantitative estimate of drug-likeness (QED) is 0.370. The van der Waals surface area contributed by atoms with Crippen LogP contribution in [0.25, 0.3) is 0 Å². The molecule has 5 nitrogen and oxygen atoms in total. The van der Waals surface area contributed by atoms with Gasteiger partial charge in [-0.15, -0.1) is 0 Å². The van der Waals surface area contributed by atoms with Gasteiger partial charge in [0.2, 0.25) is 8.32 Å². The molecule has 40 heavy (non-hydrogen) atoms. The Morgan fingerprint density at radius 2 is 1.73 bits per heavy atom. The van der Waals surface area contributed by atoms with E-state index in [1.807, 2.05) is 6.08 Å². The Bertz CT molecular complexity index is 1180. The monoisotopic (exact) mass is 586 g/mol. The van der Waals surface area contributed by atoms with E-state index in [1.54, 1.807) is 0 Å². The van der Waals surface area contributed by atoms with E-state index in [9.17, 15) is 9.90 Å². The van der Waals surface area contributed by atoms with Crippen molar-refractivity contribution < 1.29 is 23.8 Å². The van der Waals surface area contributed by atoms with Crippen molar-refractivity contribution in [3.8, 4) is 5.75 Å². The first-order valence-corrected chi connectivity index (χ1v) is 18.7. The standard InChI is InChI=1S/C33H47ClO5Si/c1-30(2,3)40(5,6)39-22-9-7-21(8-10-22)24-19-31(4)25(11-12-27(34)29(31)35)23-13-15-32(36)20-33(37-17-18-38-33)16-14-26(32)28(23)24/h7-10,12,23-26,28,36H,11,13-20H2,1-6H3/t23-,24+,25-,26+,28+,31-,32+/m0/s1. The lowest BCUT2D eigenvalue weighted by Gasteiger charge is -2.62. The van der Waals surface area contributed by atoms with E-state index in [-0.39, 0.29) is 28.6 Å². The van der Waals surface area contributed by atoms with Crippen molar-refractivity contribution in [1.29, 1.82) is 0 Å². The molecule has 1 N–H and O–H groups in total. The summed E-state index contributed by atoms with van der Waals surface area (Å²) in [5.41, 5.74) is -0.0572. The van der Waals surface area contributed by atoms with Gasteiger partial charge < -0.3 is 19.0 Å². The predicted molar refractivity (Wildman–Crippen MR) is 160 cm³/mol. The lowest BCUT2D eigenvalue weighted by atomic mass is 9.43. The van der Waals surface area contributed by atoms with E-state index < -0.39 is 25.1 Å². The van der Waals surface area contributed by atoms with Crippen molar-refractivity contribution in [2.45, 2.75) is 108 Å². The van der Waals surface area contributed by atoms with Crippen LogP contribution in [0, 0.1) is 29.1 Å². The molecule has 0 amide bonds. The van der Waals surface area contributed by atoms with Gasteiger partial charge in [-0.25, -0.2) is 0 Å². The lowest BCUT2D eigenvalue weighted by Crippen LogP contribution is -2.62. The van der Waals surface area contributed by atoms with Crippen LogP contribution in [0.15, 0.2) is 35.4 Å². The summed E-state index contributed by atoms with van der Waals surface area (Å²) in [7, 11) is -1.95. The Kier molecular flexibility index (Phi) is 6.99. The van der Waals surface area contributed by atoms with Crippen molar-refractivity contribution in [3.05, 3.63) is 40.9 Å². The highest BCUT2D eigenvalue weighted by Crippen LogP contribution is 2.66. The average Bonchev–Trinajstić information content (AvgIpc) is 3.32. The van der Waals surface area contributed by atoms with Crippen molar-refractivity contribution in [1.82, 2.24) is 0 Å². The minimum atomic E-state index is -1.95. The molecule has 1 heterocycles. The van der Waals surface area contributed by atoms with E-state index in [0.717, 1.165) is 44.3 Å². The summed E-state index contributed by atoms with van der Waals surface area (Å²) in [5.74, 6) is 1.61. The van der Waals surface area contributed by atoms with Crippen molar-refractivity contribution in [3.63, 3.8) is 0 Å². The Morgan fingerprint density at radius 3 is 2.38 bits per heavy atom. The van der Waals surface area contributed by atoms with Crippen molar-refractivity contribution >= 4 is 25.7 Å². The largest absolute Gasteiger partial charge is 0.544 e.